The lowest BCUT2D eigenvalue weighted by molar-refractivity contribution is -0.870. The maximum absolute atomic E-state index is 13.6. The fourth-order valence-electron chi connectivity index (χ4n) is 9.82. The number of amides is 1. The van der Waals surface area contributed by atoms with E-state index in [4.69, 9.17) is 13.8 Å². The van der Waals surface area contributed by atoms with Crippen LogP contribution in [0.15, 0.2) is 85.1 Å². The molecular weight excluding hydrogens is 1040 g/mol. The van der Waals surface area contributed by atoms with Crippen LogP contribution in [0.3, 0.4) is 0 Å². The quantitative estimate of drug-likeness (QED) is 0.0212. The number of hydrogen-bond acceptors (Lipinski definition) is 7. The average Bonchev–Trinajstić information content (AvgIpc) is 3.47. The second kappa shape index (κ2) is 61.3. The Kier molecular flexibility index (Phi) is 59.2. The van der Waals surface area contributed by atoms with Crippen molar-refractivity contribution in [3.8, 4) is 0 Å². The van der Waals surface area contributed by atoms with E-state index >= 15 is 0 Å². The number of allylic oxidation sites excluding steroid dienone is 13. The van der Waals surface area contributed by atoms with Crippen molar-refractivity contribution in [3.63, 3.8) is 0 Å². The van der Waals surface area contributed by atoms with Crippen molar-refractivity contribution in [3.05, 3.63) is 85.1 Å². The molecule has 0 aromatic rings. The van der Waals surface area contributed by atoms with Gasteiger partial charge in [0.15, 0.2) is 0 Å². The molecule has 3 unspecified atom stereocenters. The minimum absolute atomic E-state index is 0.0297. The second-order valence-electron chi connectivity index (χ2n) is 24.3. The lowest BCUT2D eigenvalue weighted by atomic mass is 10.0. The van der Waals surface area contributed by atoms with Crippen molar-refractivity contribution in [1.82, 2.24) is 5.32 Å². The fourth-order valence-corrected chi connectivity index (χ4v) is 10.5. The molecule has 0 rings (SSSR count). The SMILES string of the molecule is CC/C=C\C/C=C\C/C=C\C/C=C\C/C=C\C/C=C\CCCCCCC(=O)NC(COP(=O)([O-])OCC[N+](C)(C)C)C(/C=C/CCCCCCCCCCCC)OC(=O)CCCCCCCCCCCCCCCCCCCCCCC. The summed E-state index contributed by atoms with van der Waals surface area (Å²) in [5.41, 5.74) is 0. The summed E-state index contributed by atoms with van der Waals surface area (Å²) in [6.45, 7) is 6.74. The molecule has 0 aromatic carbocycles. The first-order chi connectivity index (χ1) is 39.9. The number of rotatable bonds is 62. The molecule has 3 atom stereocenters. The molecule has 0 aliphatic carbocycles. The molecule has 9 nitrogen and oxygen atoms in total. The molecule has 0 spiro atoms. The van der Waals surface area contributed by atoms with Crippen LogP contribution in [0.25, 0.3) is 0 Å². The van der Waals surface area contributed by atoms with Crippen LogP contribution < -0.4 is 10.2 Å². The Hall–Kier alpha value is -2.81. The van der Waals surface area contributed by atoms with Gasteiger partial charge in [0.2, 0.25) is 5.91 Å². The van der Waals surface area contributed by atoms with Gasteiger partial charge in [-0.1, -0.05) is 299 Å². The smallest absolute Gasteiger partial charge is 0.306 e. The molecule has 0 aromatic heterocycles. The van der Waals surface area contributed by atoms with E-state index in [9.17, 15) is 19.0 Å². The Labute approximate surface area is 507 Å². The van der Waals surface area contributed by atoms with Crippen LogP contribution in [-0.2, 0) is 27.9 Å². The molecule has 1 amide bonds. The van der Waals surface area contributed by atoms with Crippen molar-refractivity contribution >= 4 is 19.7 Å². The maximum Gasteiger partial charge on any atom is 0.306 e. The largest absolute Gasteiger partial charge is 0.756 e. The molecule has 0 heterocycles. The number of unbranched alkanes of at least 4 members (excludes halogenated alkanes) is 34. The standard InChI is InChI=1S/C72H131N2O7P/c1-7-10-13-16-19-22-25-28-30-32-34-36-37-39-40-42-44-46-49-52-55-58-61-64-71(75)73-69(68-80-82(77,78)79-67-66-74(4,5)6)70(63-60-57-54-51-48-27-24-21-18-15-12-9-3)81-72(76)65-62-59-56-53-50-47-45-43-41-38-35-33-31-29-26-23-20-17-14-11-8-2/h10,13,19,22,28,30,34,36,39-40,44,46,60,63,69-70H,7-9,11-12,14-18,20-21,23-27,29,31-33,35,37-38,41-43,45,47-59,61-62,64-68H2,1-6H3,(H-,73,75,77,78)/b13-10-,22-19-,30-28-,36-34-,40-39-,46-44-,63-60+. The number of nitrogens with one attached hydrogen (secondary N) is 1. The number of esters is 1. The number of phosphoric ester groups is 1. The van der Waals surface area contributed by atoms with Crippen LogP contribution in [0.4, 0.5) is 0 Å². The van der Waals surface area contributed by atoms with Crippen LogP contribution in [-0.4, -0.2) is 69.4 Å². The van der Waals surface area contributed by atoms with Crippen LogP contribution >= 0.6 is 7.82 Å². The van der Waals surface area contributed by atoms with Crippen molar-refractivity contribution in [2.24, 2.45) is 0 Å². The van der Waals surface area contributed by atoms with Crippen LogP contribution in [0.5, 0.6) is 0 Å². The summed E-state index contributed by atoms with van der Waals surface area (Å²) in [6.07, 6.45) is 81.3. The Morgan fingerprint density at radius 2 is 0.780 bits per heavy atom. The lowest BCUT2D eigenvalue weighted by Gasteiger charge is -2.30. The Balaban J connectivity index is 5.17. The number of phosphoric acid groups is 1. The van der Waals surface area contributed by atoms with Gasteiger partial charge in [-0.15, -0.1) is 0 Å². The number of hydrogen-bond donors (Lipinski definition) is 1. The van der Waals surface area contributed by atoms with E-state index in [1.165, 1.54) is 167 Å². The van der Waals surface area contributed by atoms with Crippen molar-refractivity contribution < 1.29 is 37.3 Å². The van der Waals surface area contributed by atoms with Gasteiger partial charge in [0.1, 0.15) is 19.3 Å². The summed E-state index contributed by atoms with van der Waals surface area (Å²) in [6, 6.07) is -0.905. The number of carbonyl (C=O) groups excluding carboxylic acids is 2. The lowest BCUT2D eigenvalue weighted by Crippen LogP contribution is -2.47. The van der Waals surface area contributed by atoms with E-state index < -0.39 is 26.6 Å². The molecule has 1 N–H and O–H groups in total. The third-order valence-corrected chi connectivity index (χ3v) is 16.1. The van der Waals surface area contributed by atoms with Crippen LogP contribution in [0.2, 0.25) is 0 Å². The normalized spacial score (nSPS) is 14.1. The summed E-state index contributed by atoms with van der Waals surface area (Å²) in [5, 5.41) is 3.03. The first-order valence-corrected chi connectivity index (χ1v) is 35.9. The van der Waals surface area contributed by atoms with Crippen LogP contribution in [0, 0.1) is 0 Å². The fraction of sp³-hybridized carbons (Fsp3) is 0.778. The van der Waals surface area contributed by atoms with Gasteiger partial charge in [0, 0.05) is 12.8 Å². The molecule has 0 aliphatic heterocycles. The number of nitrogens with zero attached hydrogens (tertiary/aromatic N) is 1. The number of carbonyl (C=O) groups is 2. The highest BCUT2D eigenvalue weighted by Gasteiger charge is 2.27. The molecule has 0 saturated carbocycles. The van der Waals surface area contributed by atoms with E-state index in [0.29, 0.717) is 17.4 Å². The third kappa shape index (κ3) is 61.7. The van der Waals surface area contributed by atoms with Gasteiger partial charge in [0.05, 0.1) is 33.8 Å². The summed E-state index contributed by atoms with van der Waals surface area (Å²) in [4.78, 5) is 40.1. The molecule has 0 fully saturated rings. The highest BCUT2D eigenvalue weighted by molar-refractivity contribution is 7.45. The topological polar surface area (TPSA) is 114 Å². The van der Waals surface area contributed by atoms with E-state index in [0.717, 1.165) is 103 Å². The highest BCUT2D eigenvalue weighted by Crippen LogP contribution is 2.38. The Bertz CT molecular complexity index is 1680. The van der Waals surface area contributed by atoms with Crippen molar-refractivity contribution in [2.45, 2.75) is 322 Å². The third-order valence-electron chi connectivity index (χ3n) is 15.1. The monoisotopic (exact) mass is 1170 g/mol. The zero-order valence-corrected chi connectivity index (χ0v) is 55.3. The molecule has 476 valence electrons. The molecule has 10 heteroatoms. The molecule has 82 heavy (non-hydrogen) atoms. The van der Waals surface area contributed by atoms with Gasteiger partial charge < -0.3 is 28.5 Å². The zero-order valence-electron chi connectivity index (χ0n) is 54.4. The summed E-state index contributed by atoms with van der Waals surface area (Å²) >= 11 is 0. The van der Waals surface area contributed by atoms with Gasteiger partial charge in [-0.25, -0.2) is 0 Å². The summed E-state index contributed by atoms with van der Waals surface area (Å²) in [7, 11) is 1.17. The van der Waals surface area contributed by atoms with Gasteiger partial charge in [-0.3, -0.25) is 14.2 Å². The molecular formula is C72H131N2O7P. The summed E-state index contributed by atoms with van der Waals surface area (Å²) < 4.78 is 30.4. The number of quaternary nitrogens is 1. The van der Waals surface area contributed by atoms with E-state index in [1.54, 1.807) is 0 Å². The number of ether oxygens (including phenoxy) is 1. The van der Waals surface area contributed by atoms with E-state index in [-0.39, 0.29) is 31.3 Å². The van der Waals surface area contributed by atoms with E-state index in [2.05, 4.69) is 99.0 Å². The second-order valence-corrected chi connectivity index (χ2v) is 25.7. The van der Waals surface area contributed by atoms with Gasteiger partial charge in [-0.05, 0) is 83.1 Å². The maximum atomic E-state index is 13.6. The first-order valence-electron chi connectivity index (χ1n) is 34.4. The minimum Gasteiger partial charge on any atom is -0.756 e. The molecule has 0 saturated heterocycles. The molecule has 0 radical (unpaired) electrons. The van der Waals surface area contributed by atoms with Gasteiger partial charge >= 0.3 is 5.97 Å². The first kappa shape index (κ1) is 79.2. The van der Waals surface area contributed by atoms with Crippen LogP contribution in [0.1, 0.15) is 310 Å². The Morgan fingerprint density at radius 1 is 0.439 bits per heavy atom. The molecule has 0 aliphatic rings. The van der Waals surface area contributed by atoms with Gasteiger partial charge in [-0.2, -0.15) is 0 Å². The zero-order chi connectivity index (χ0) is 60.0. The summed E-state index contributed by atoms with van der Waals surface area (Å²) in [5.74, 6) is -0.562. The van der Waals surface area contributed by atoms with Crippen molar-refractivity contribution in [1.29, 1.82) is 0 Å². The average molecular weight is 1170 g/mol. The highest BCUT2D eigenvalue weighted by atomic mass is 31.2. The number of likely N-dealkylation sites (N-methyl/N-ethyl adjacent to an activating group) is 1. The predicted octanol–water partition coefficient (Wildman–Crippen LogP) is 21.1. The molecule has 0 bridgehead atoms. The predicted molar refractivity (Wildman–Crippen MR) is 353 cm³/mol. The minimum atomic E-state index is -4.71. The van der Waals surface area contributed by atoms with Crippen molar-refractivity contribution in [2.75, 3.05) is 40.9 Å². The van der Waals surface area contributed by atoms with Gasteiger partial charge in [0.25, 0.3) is 7.82 Å². The van der Waals surface area contributed by atoms with E-state index in [1.807, 2.05) is 33.3 Å². The Morgan fingerprint density at radius 3 is 1.17 bits per heavy atom.